The molecule has 0 atom stereocenters. The average Bonchev–Trinajstić information content (AvgIpc) is 2.37. The quantitative estimate of drug-likeness (QED) is 0.885. The summed E-state index contributed by atoms with van der Waals surface area (Å²) < 4.78 is 26.8. The van der Waals surface area contributed by atoms with E-state index >= 15 is 0 Å². The van der Waals surface area contributed by atoms with Gasteiger partial charge in [0.25, 0.3) is 5.91 Å². The summed E-state index contributed by atoms with van der Waals surface area (Å²) >= 11 is 0. The molecule has 21 heavy (non-hydrogen) atoms. The normalized spacial score (nSPS) is 11.1. The van der Waals surface area contributed by atoms with E-state index in [9.17, 15) is 13.2 Å². The smallest absolute Gasteiger partial charge is 0.250 e. The largest absolute Gasteiger partial charge is 0.366 e. The van der Waals surface area contributed by atoms with E-state index in [1.807, 2.05) is 13.0 Å². The predicted molar refractivity (Wildman–Crippen MR) is 82.4 cm³/mol. The molecule has 1 amide bonds. The third-order valence-corrected chi connectivity index (χ3v) is 4.14. The molecular formula is C15H16N2O3S. The molecule has 5 nitrogen and oxygen atoms in total. The van der Waals surface area contributed by atoms with Gasteiger partial charge >= 0.3 is 0 Å². The fourth-order valence-corrected chi connectivity index (χ4v) is 3.22. The van der Waals surface area contributed by atoms with Crippen LogP contribution in [-0.2, 0) is 15.8 Å². The monoisotopic (exact) mass is 304 g/mol. The van der Waals surface area contributed by atoms with Crippen LogP contribution in [0.25, 0.3) is 0 Å². The Hall–Kier alpha value is -2.34. The number of nitrogens with one attached hydrogen (secondary N) is 1. The number of sulfonamides is 1. The van der Waals surface area contributed by atoms with Gasteiger partial charge in [-0.15, -0.1) is 0 Å². The summed E-state index contributed by atoms with van der Waals surface area (Å²) in [6, 6.07) is 13.5. The molecule has 0 fully saturated rings. The first kappa shape index (κ1) is 15.1. The van der Waals surface area contributed by atoms with E-state index in [4.69, 9.17) is 5.73 Å². The number of anilines is 1. The molecule has 3 N–H and O–H groups in total. The highest BCUT2D eigenvalue weighted by Gasteiger charge is 2.15. The topological polar surface area (TPSA) is 89.3 Å². The molecule has 6 heteroatoms. The SMILES string of the molecule is Cc1cccc(CS(=O)(=O)Nc2ccccc2C(N)=O)c1. The molecule has 0 unspecified atom stereocenters. The highest BCUT2D eigenvalue weighted by molar-refractivity contribution is 7.91. The second-order valence-corrected chi connectivity index (χ2v) is 6.48. The number of amides is 1. The van der Waals surface area contributed by atoms with Gasteiger partial charge in [-0.05, 0) is 24.6 Å². The molecule has 0 spiro atoms. The number of carbonyl (C=O) groups excluding carboxylic acids is 1. The molecule has 0 radical (unpaired) electrons. The minimum Gasteiger partial charge on any atom is -0.366 e. The fourth-order valence-electron chi connectivity index (χ4n) is 2.01. The Labute approximate surface area is 123 Å². The van der Waals surface area contributed by atoms with Crippen molar-refractivity contribution in [3.63, 3.8) is 0 Å². The van der Waals surface area contributed by atoms with Crippen molar-refractivity contribution in [3.05, 3.63) is 65.2 Å². The van der Waals surface area contributed by atoms with Crippen LogP contribution in [0.1, 0.15) is 21.5 Å². The molecule has 0 saturated heterocycles. The van der Waals surface area contributed by atoms with Crippen molar-refractivity contribution >= 4 is 21.6 Å². The number of hydrogen-bond donors (Lipinski definition) is 2. The van der Waals surface area contributed by atoms with Crippen LogP contribution in [0.5, 0.6) is 0 Å². The number of carbonyl (C=O) groups is 1. The van der Waals surface area contributed by atoms with E-state index < -0.39 is 15.9 Å². The molecule has 0 aromatic heterocycles. The van der Waals surface area contributed by atoms with Crippen LogP contribution >= 0.6 is 0 Å². The van der Waals surface area contributed by atoms with Crippen molar-refractivity contribution in [1.29, 1.82) is 0 Å². The summed E-state index contributed by atoms with van der Waals surface area (Å²) in [7, 11) is -3.62. The number of aryl methyl sites for hydroxylation is 1. The van der Waals surface area contributed by atoms with Crippen molar-refractivity contribution in [2.45, 2.75) is 12.7 Å². The van der Waals surface area contributed by atoms with E-state index in [0.29, 0.717) is 5.56 Å². The van der Waals surface area contributed by atoms with E-state index in [-0.39, 0.29) is 17.0 Å². The molecule has 0 bridgehead atoms. The lowest BCUT2D eigenvalue weighted by molar-refractivity contribution is 0.100. The zero-order valence-corrected chi connectivity index (χ0v) is 12.4. The molecule has 2 rings (SSSR count). The van der Waals surface area contributed by atoms with Crippen LogP contribution in [0.4, 0.5) is 5.69 Å². The number of primary amides is 1. The van der Waals surface area contributed by atoms with E-state index in [1.165, 1.54) is 12.1 Å². The average molecular weight is 304 g/mol. The minimum atomic E-state index is -3.62. The van der Waals surface area contributed by atoms with Crippen molar-refractivity contribution in [2.24, 2.45) is 5.73 Å². The summed E-state index contributed by atoms with van der Waals surface area (Å²) in [6.45, 7) is 1.89. The predicted octanol–water partition coefficient (Wildman–Crippen LogP) is 2.04. The summed E-state index contributed by atoms with van der Waals surface area (Å²) in [6.07, 6.45) is 0. The Morgan fingerprint density at radius 1 is 1.14 bits per heavy atom. The molecule has 0 aliphatic heterocycles. The second kappa shape index (κ2) is 5.97. The molecule has 2 aromatic rings. The highest BCUT2D eigenvalue weighted by Crippen LogP contribution is 2.18. The van der Waals surface area contributed by atoms with Gasteiger partial charge in [-0.3, -0.25) is 9.52 Å². The van der Waals surface area contributed by atoms with Crippen molar-refractivity contribution in [2.75, 3.05) is 4.72 Å². The number of nitrogens with two attached hydrogens (primary N) is 1. The first-order chi connectivity index (χ1) is 9.87. The molecule has 0 saturated carbocycles. The molecule has 0 aliphatic carbocycles. The van der Waals surface area contributed by atoms with Gasteiger partial charge in [0.2, 0.25) is 10.0 Å². The maximum absolute atomic E-state index is 12.2. The maximum atomic E-state index is 12.2. The van der Waals surface area contributed by atoms with Crippen molar-refractivity contribution in [1.82, 2.24) is 0 Å². The van der Waals surface area contributed by atoms with E-state index in [2.05, 4.69) is 4.72 Å². The Bertz CT molecular complexity index is 770. The van der Waals surface area contributed by atoms with Crippen molar-refractivity contribution in [3.8, 4) is 0 Å². The highest BCUT2D eigenvalue weighted by atomic mass is 32.2. The van der Waals surface area contributed by atoms with E-state index in [1.54, 1.807) is 30.3 Å². The molecular weight excluding hydrogens is 288 g/mol. The third kappa shape index (κ3) is 4.06. The second-order valence-electron chi connectivity index (χ2n) is 4.76. The minimum absolute atomic E-state index is 0.144. The van der Waals surface area contributed by atoms with Crippen LogP contribution in [0.2, 0.25) is 0 Å². The van der Waals surface area contributed by atoms with Crippen LogP contribution < -0.4 is 10.5 Å². The number of rotatable bonds is 5. The van der Waals surface area contributed by atoms with E-state index in [0.717, 1.165) is 5.56 Å². The van der Waals surface area contributed by atoms with Crippen LogP contribution in [-0.4, -0.2) is 14.3 Å². The van der Waals surface area contributed by atoms with Gasteiger partial charge in [0.1, 0.15) is 0 Å². The Morgan fingerprint density at radius 3 is 2.52 bits per heavy atom. The lowest BCUT2D eigenvalue weighted by Gasteiger charge is -2.11. The first-order valence-electron chi connectivity index (χ1n) is 6.32. The Morgan fingerprint density at radius 2 is 1.86 bits per heavy atom. The van der Waals surface area contributed by atoms with Crippen molar-refractivity contribution < 1.29 is 13.2 Å². The molecule has 0 aliphatic rings. The maximum Gasteiger partial charge on any atom is 0.250 e. The van der Waals surface area contributed by atoms with Crippen LogP contribution in [0.3, 0.4) is 0 Å². The summed E-state index contributed by atoms with van der Waals surface area (Å²) in [5, 5.41) is 0. The first-order valence-corrected chi connectivity index (χ1v) is 7.97. The summed E-state index contributed by atoms with van der Waals surface area (Å²) in [5.74, 6) is -0.842. The third-order valence-electron chi connectivity index (χ3n) is 2.90. The van der Waals surface area contributed by atoms with Crippen LogP contribution in [0.15, 0.2) is 48.5 Å². The van der Waals surface area contributed by atoms with Gasteiger partial charge in [0, 0.05) is 0 Å². The van der Waals surface area contributed by atoms with Gasteiger partial charge < -0.3 is 5.73 Å². The lowest BCUT2D eigenvalue weighted by Crippen LogP contribution is -2.19. The van der Waals surface area contributed by atoms with Gasteiger partial charge in [-0.25, -0.2) is 8.42 Å². The van der Waals surface area contributed by atoms with Gasteiger partial charge in [-0.2, -0.15) is 0 Å². The standard InChI is InChI=1S/C15H16N2O3S/c1-11-5-4-6-12(9-11)10-21(19,20)17-14-8-3-2-7-13(14)15(16)18/h2-9,17H,10H2,1H3,(H2,16,18). The number of hydrogen-bond acceptors (Lipinski definition) is 3. The Balaban J connectivity index is 2.24. The van der Waals surface area contributed by atoms with Crippen LogP contribution in [0, 0.1) is 6.92 Å². The molecule has 0 heterocycles. The molecule has 2 aromatic carbocycles. The summed E-state index contributed by atoms with van der Waals surface area (Å²) in [4.78, 5) is 11.3. The fraction of sp³-hybridized carbons (Fsp3) is 0.133. The zero-order valence-electron chi connectivity index (χ0n) is 11.5. The van der Waals surface area contributed by atoms with Gasteiger partial charge in [0.15, 0.2) is 0 Å². The molecule has 110 valence electrons. The lowest BCUT2D eigenvalue weighted by atomic mass is 10.2. The van der Waals surface area contributed by atoms with Gasteiger partial charge in [-0.1, -0.05) is 42.0 Å². The Kier molecular flexibility index (Phi) is 4.28. The summed E-state index contributed by atoms with van der Waals surface area (Å²) in [5.41, 5.74) is 7.23. The number of para-hydroxylation sites is 1. The zero-order chi connectivity index (χ0) is 15.5. The number of benzene rings is 2. The van der Waals surface area contributed by atoms with Gasteiger partial charge in [0.05, 0.1) is 17.0 Å².